The van der Waals surface area contributed by atoms with E-state index in [9.17, 15) is 10.1 Å². The van der Waals surface area contributed by atoms with Gasteiger partial charge in [0.05, 0.1) is 11.0 Å². The summed E-state index contributed by atoms with van der Waals surface area (Å²) in [4.78, 5) is 13.9. The van der Waals surface area contributed by atoms with Crippen molar-refractivity contribution in [2.75, 3.05) is 6.54 Å². The molecule has 1 aliphatic rings. The highest BCUT2D eigenvalue weighted by atomic mass is 16.6. The van der Waals surface area contributed by atoms with Crippen molar-refractivity contribution in [3.05, 3.63) is 75.5 Å². The average molecular weight is 293 g/mol. The molecule has 0 amide bonds. The van der Waals surface area contributed by atoms with Gasteiger partial charge in [-0.2, -0.15) is 0 Å². The number of benzene rings is 2. The van der Waals surface area contributed by atoms with Gasteiger partial charge in [0.1, 0.15) is 0 Å². The Bertz CT molecular complexity index is 852. The summed E-state index contributed by atoms with van der Waals surface area (Å²) in [7, 11) is 0. The molecule has 2 heterocycles. The highest BCUT2D eigenvalue weighted by Gasteiger charge is 2.25. The van der Waals surface area contributed by atoms with E-state index in [1.54, 1.807) is 12.1 Å². The van der Waals surface area contributed by atoms with Crippen LogP contribution in [0.5, 0.6) is 0 Å². The summed E-state index contributed by atoms with van der Waals surface area (Å²) in [5.41, 5.74) is 4.82. The van der Waals surface area contributed by atoms with E-state index >= 15 is 0 Å². The van der Waals surface area contributed by atoms with E-state index in [0.717, 1.165) is 24.0 Å². The number of rotatable bonds is 2. The SMILES string of the molecule is O=[N+]([O-])c1ccc(C2NCCc3c2[nH]c2ccccc32)cc1. The second-order valence-corrected chi connectivity index (χ2v) is 5.55. The van der Waals surface area contributed by atoms with Crippen LogP contribution in [0.15, 0.2) is 48.5 Å². The molecule has 4 rings (SSSR count). The van der Waals surface area contributed by atoms with E-state index in [0.29, 0.717) is 0 Å². The number of para-hydroxylation sites is 1. The Morgan fingerprint density at radius 3 is 2.64 bits per heavy atom. The monoisotopic (exact) mass is 293 g/mol. The fourth-order valence-corrected chi connectivity index (χ4v) is 3.25. The van der Waals surface area contributed by atoms with E-state index in [2.05, 4.69) is 28.5 Å². The summed E-state index contributed by atoms with van der Waals surface area (Å²) in [6.07, 6.45) is 0.989. The molecule has 1 unspecified atom stereocenters. The van der Waals surface area contributed by atoms with Crippen molar-refractivity contribution in [2.24, 2.45) is 0 Å². The van der Waals surface area contributed by atoms with Crippen LogP contribution in [0.1, 0.15) is 22.9 Å². The predicted molar refractivity (Wildman–Crippen MR) is 84.9 cm³/mol. The van der Waals surface area contributed by atoms with Crippen LogP contribution < -0.4 is 5.32 Å². The van der Waals surface area contributed by atoms with Gasteiger partial charge in [-0.3, -0.25) is 10.1 Å². The Morgan fingerprint density at radius 1 is 1.09 bits per heavy atom. The Balaban J connectivity index is 1.80. The van der Waals surface area contributed by atoms with Gasteiger partial charge < -0.3 is 10.3 Å². The third kappa shape index (κ3) is 1.98. The van der Waals surface area contributed by atoms with Crippen molar-refractivity contribution in [1.29, 1.82) is 0 Å². The third-order valence-electron chi connectivity index (χ3n) is 4.30. The molecule has 1 atom stereocenters. The molecule has 2 aromatic carbocycles. The second kappa shape index (κ2) is 4.96. The van der Waals surface area contributed by atoms with Crippen LogP contribution in [0.3, 0.4) is 0 Å². The van der Waals surface area contributed by atoms with E-state index in [1.165, 1.54) is 16.6 Å². The van der Waals surface area contributed by atoms with Gasteiger partial charge in [0.25, 0.3) is 5.69 Å². The van der Waals surface area contributed by atoms with Gasteiger partial charge in [-0.15, -0.1) is 0 Å². The molecule has 1 aliphatic heterocycles. The van der Waals surface area contributed by atoms with Gasteiger partial charge in [0.2, 0.25) is 0 Å². The quantitative estimate of drug-likeness (QED) is 0.562. The number of nitrogens with one attached hydrogen (secondary N) is 2. The summed E-state index contributed by atoms with van der Waals surface area (Å²) in [6, 6.07) is 15.1. The maximum atomic E-state index is 10.8. The normalized spacial score (nSPS) is 17.4. The molecule has 0 aliphatic carbocycles. The highest BCUT2D eigenvalue weighted by Crippen LogP contribution is 2.33. The Labute approximate surface area is 127 Å². The number of nitrogens with zero attached hydrogens (tertiary/aromatic N) is 1. The molecule has 0 fully saturated rings. The van der Waals surface area contributed by atoms with E-state index < -0.39 is 0 Å². The number of hydrogen-bond acceptors (Lipinski definition) is 3. The Kier molecular flexibility index (Phi) is 2.94. The smallest absolute Gasteiger partial charge is 0.269 e. The molecule has 5 heteroatoms. The molecule has 5 nitrogen and oxygen atoms in total. The average Bonchev–Trinajstić information content (AvgIpc) is 2.93. The zero-order valence-corrected chi connectivity index (χ0v) is 11.9. The molecule has 2 N–H and O–H groups in total. The van der Waals surface area contributed by atoms with Crippen molar-refractivity contribution >= 4 is 16.6 Å². The zero-order valence-electron chi connectivity index (χ0n) is 11.9. The largest absolute Gasteiger partial charge is 0.357 e. The van der Waals surface area contributed by atoms with Crippen LogP contribution in [0, 0.1) is 10.1 Å². The van der Waals surface area contributed by atoms with Crippen molar-refractivity contribution in [2.45, 2.75) is 12.5 Å². The van der Waals surface area contributed by atoms with Crippen LogP contribution in [-0.2, 0) is 6.42 Å². The topological polar surface area (TPSA) is 71.0 Å². The summed E-state index contributed by atoms with van der Waals surface area (Å²) >= 11 is 0. The molecule has 0 bridgehead atoms. The summed E-state index contributed by atoms with van der Waals surface area (Å²) in [5.74, 6) is 0. The van der Waals surface area contributed by atoms with Gasteiger partial charge in [-0.05, 0) is 23.6 Å². The first-order chi connectivity index (χ1) is 10.7. The fraction of sp³-hybridized carbons (Fsp3) is 0.176. The Morgan fingerprint density at radius 2 is 1.86 bits per heavy atom. The lowest BCUT2D eigenvalue weighted by atomic mass is 9.94. The molecule has 1 aromatic heterocycles. The number of H-pyrrole nitrogens is 1. The van der Waals surface area contributed by atoms with Crippen molar-refractivity contribution in [3.63, 3.8) is 0 Å². The second-order valence-electron chi connectivity index (χ2n) is 5.55. The lowest BCUT2D eigenvalue weighted by molar-refractivity contribution is -0.384. The van der Waals surface area contributed by atoms with Gasteiger partial charge in [0, 0.05) is 35.3 Å². The van der Waals surface area contributed by atoms with Crippen molar-refractivity contribution in [1.82, 2.24) is 10.3 Å². The van der Waals surface area contributed by atoms with Gasteiger partial charge in [-0.1, -0.05) is 30.3 Å². The first kappa shape index (κ1) is 13.0. The number of aromatic nitrogens is 1. The molecule has 0 spiro atoms. The number of fused-ring (bicyclic) bond motifs is 3. The first-order valence-corrected chi connectivity index (χ1v) is 7.31. The van der Waals surface area contributed by atoms with Crippen molar-refractivity contribution in [3.8, 4) is 0 Å². The molecular weight excluding hydrogens is 278 g/mol. The van der Waals surface area contributed by atoms with E-state index in [4.69, 9.17) is 0 Å². The van der Waals surface area contributed by atoms with Crippen molar-refractivity contribution < 1.29 is 4.92 Å². The molecule has 0 saturated heterocycles. The minimum atomic E-state index is -0.369. The number of nitro benzene ring substituents is 1. The van der Waals surface area contributed by atoms with Gasteiger partial charge >= 0.3 is 0 Å². The Hall–Kier alpha value is -2.66. The number of non-ortho nitro benzene ring substituents is 1. The molecular formula is C17H15N3O2. The standard InChI is InChI=1S/C17H15N3O2/c21-20(22)12-7-5-11(6-8-12)16-17-14(9-10-18-16)13-3-1-2-4-15(13)19-17/h1-8,16,18-19H,9-10H2. The molecule has 0 saturated carbocycles. The molecule has 0 radical (unpaired) electrons. The maximum absolute atomic E-state index is 10.8. The maximum Gasteiger partial charge on any atom is 0.269 e. The minimum Gasteiger partial charge on any atom is -0.357 e. The zero-order chi connectivity index (χ0) is 15.1. The summed E-state index contributed by atoms with van der Waals surface area (Å²) in [5, 5.41) is 15.6. The van der Waals surface area contributed by atoms with Crippen LogP contribution in [0.2, 0.25) is 0 Å². The lowest BCUT2D eigenvalue weighted by Gasteiger charge is -2.24. The molecule has 22 heavy (non-hydrogen) atoms. The van der Waals surface area contributed by atoms with E-state index in [1.807, 2.05) is 18.2 Å². The number of hydrogen-bond donors (Lipinski definition) is 2. The van der Waals surface area contributed by atoms with Crippen LogP contribution >= 0.6 is 0 Å². The first-order valence-electron chi connectivity index (χ1n) is 7.31. The fourth-order valence-electron chi connectivity index (χ4n) is 3.25. The molecule has 110 valence electrons. The lowest BCUT2D eigenvalue weighted by Crippen LogP contribution is -2.30. The van der Waals surface area contributed by atoms with Gasteiger partial charge in [0.15, 0.2) is 0 Å². The van der Waals surface area contributed by atoms with Crippen LogP contribution in [0.25, 0.3) is 10.9 Å². The summed E-state index contributed by atoms with van der Waals surface area (Å²) < 4.78 is 0. The number of nitro groups is 1. The third-order valence-corrected chi connectivity index (χ3v) is 4.30. The number of aromatic amines is 1. The predicted octanol–water partition coefficient (Wildman–Crippen LogP) is 3.31. The summed E-state index contributed by atoms with van der Waals surface area (Å²) in [6.45, 7) is 0.899. The molecule has 3 aromatic rings. The van der Waals surface area contributed by atoms with E-state index in [-0.39, 0.29) is 16.7 Å². The highest BCUT2D eigenvalue weighted by molar-refractivity contribution is 5.85. The van der Waals surface area contributed by atoms with Crippen LogP contribution in [0.4, 0.5) is 5.69 Å². The van der Waals surface area contributed by atoms with Gasteiger partial charge in [-0.25, -0.2) is 0 Å². The van der Waals surface area contributed by atoms with Crippen LogP contribution in [-0.4, -0.2) is 16.5 Å². The minimum absolute atomic E-state index is 0.0527.